The third kappa shape index (κ3) is 9.58. The van der Waals surface area contributed by atoms with Gasteiger partial charge in [0.15, 0.2) is 22.5 Å². The monoisotopic (exact) mass is 944 g/mol. The van der Waals surface area contributed by atoms with Gasteiger partial charge in [0.25, 0.3) is 0 Å². The van der Waals surface area contributed by atoms with E-state index >= 15 is 0 Å². The van der Waals surface area contributed by atoms with E-state index < -0.39 is 48.2 Å². The van der Waals surface area contributed by atoms with Crippen LogP contribution < -0.4 is 0 Å². The number of halogens is 1. The van der Waals surface area contributed by atoms with Crippen LogP contribution in [0.25, 0.3) is 22.5 Å². The SMILES string of the molecule is CCCCc1nc(Cl)c(C(=O)OC2O[C@H](C(=O)OCc3ccccc3)[C@@H](O)[C@H](O)[C@H]2O)n1Cc1ccc(-c2ccccc2-c2nnn(C(c3ccccc3)(c3ccccc3)c3ccccc3)n2)cc1. The molecule has 0 amide bonds. The minimum absolute atomic E-state index is 0.122. The predicted molar refractivity (Wildman–Crippen MR) is 257 cm³/mol. The van der Waals surface area contributed by atoms with Crippen molar-refractivity contribution in [3.8, 4) is 22.5 Å². The molecule has 3 N–H and O–H groups in total. The summed E-state index contributed by atoms with van der Waals surface area (Å²) in [6.07, 6.45) is -7.25. The molecular formula is C54H49ClN6O8. The van der Waals surface area contributed by atoms with Crippen LogP contribution in [0.5, 0.6) is 0 Å². The number of esters is 2. The zero-order chi connectivity index (χ0) is 47.9. The summed E-state index contributed by atoms with van der Waals surface area (Å²) in [5.74, 6) is -1.09. The molecule has 14 nitrogen and oxygen atoms in total. The van der Waals surface area contributed by atoms with Crippen LogP contribution in [0.15, 0.2) is 170 Å². The lowest BCUT2D eigenvalue weighted by Crippen LogP contribution is -2.60. The Morgan fingerprint density at radius 1 is 0.696 bits per heavy atom. The molecule has 3 heterocycles. The lowest BCUT2D eigenvalue weighted by atomic mass is 9.77. The van der Waals surface area contributed by atoms with Gasteiger partial charge < -0.3 is 34.1 Å². The second-order valence-electron chi connectivity index (χ2n) is 16.7. The first-order valence-electron chi connectivity index (χ1n) is 22.7. The number of hydrogen-bond acceptors (Lipinski definition) is 12. The van der Waals surface area contributed by atoms with Crippen LogP contribution in [0.4, 0.5) is 0 Å². The molecule has 15 heteroatoms. The van der Waals surface area contributed by atoms with Gasteiger partial charge in [-0.25, -0.2) is 14.6 Å². The first-order valence-corrected chi connectivity index (χ1v) is 23.1. The van der Waals surface area contributed by atoms with Gasteiger partial charge in [-0.2, -0.15) is 0 Å². The molecule has 0 saturated carbocycles. The van der Waals surface area contributed by atoms with Crippen molar-refractivity contribution < 1.29 is 39.1 Å². The molecule has 0 bridgehead atoms. The summed E-state index contributed by atoms with van der Waals surface area (Å²) in [5, 5.41) is 46.7. The van der Waals surface area contributed by atoms with Crippen molar-refractivity contribution in [2.24, 2.45) is 0 Å². The number of ether oxygens (including phenoxy) is 3. The van der Waals surface area contributed by atoms with Crippen molar-refractivity contribution in [2.45, 2.75) is 75.6 Å². The Kier molecular flexibility index (Phi) is 14.2. The minimum Gasteiger partial charge on any atom is -0.459 e. The van der Waals surface area contributed by atoms with Gasteiger partial charge in [-0.1, -0.05) is 195 Å². The predicted octanol–water partition coefficient (Wildman–Crippen LogP) is 7.80. The number of nitrogens with zero attached hydrogens (tertiary/aromatic N) is 6. The zero-order valence-corrected chi connectivity index (χ0v) is 38.3. The second-order valence-corrected chi connectivity index (χ2v) is 17.1. The molecule has 9 rings (SSSR count). The fraction of sp³-hybridized carbons (Fsp3) is 0.222. The van der Waals surface area contributed by atoms with Crippen molar-refractivity contribution in [2.75, 3.05) is 0 Å². The number of rotatable bonds is 16. The number of aliphatic hydroxyl groups is 3. The van der Waals surface area contributed by atoms with Gasteiger partial charge >= 0.3 is 11.9 Å². The number of hydrogen-bond donors (Lipinski definition) is 3. The quantitative estimate of drug-likeness (QED) is 0.0632. The van der Waals surface area contributed by atoms with Crippen LogP contribution >= 0.6 is 11.6 Å². The number of unbranched alkanes of at least 4 members (excludes halogenated alkanes) is 1. The van der Waals surface area contributed by atoms with Gasteiger partial charge in [0.2, 0.25) is 12.1 Å². The molecule has 1 saturated heterocycles. The molecule has 69 heavy (non-hydrogen) atoms. The Hall–Kier alpha value is -7.33. The van der Waals surface area contributed by atoms with E-state index in [4.69, 9.17) is 41.2 Å². The second kappa shape index (κ2) is 20.9. The first kappa shape index (κ1) is 46.8. The number of imidazole rings is 1. The molecule has 0 radical (unpaired) electrons. The number of tetrazole rings is 1. The largest absolute Gasteiger partial charge is 0.459 e. The maximum atomic E-state index is 14.0. The summed E-state index contributed by atoms with van der Waals surface area (Å²) in [6.45, 7) is 2.05. The normalized spacial score (nSPS) is 18.1. The fourth-order valence-electron chi connectivity index (χ4n) is 8.72. The minimum atomic E-state index is -1.91. The lowest BCUT2D eigenvalue weighted by molar-refractivity contribution is -0.280. The summed E-state index contributed by atoms with van der Waals surface area (Å²) in [4.78, 5) is 33.3. The Bertz CT molecular complexity index is 2890. The number of benzene rings is 6. The van der Waals surface area contributed by atoms with Crippen molar-refractivity contribution in [1.82, 2.24) is 29.8 Å². The van der Waals surface area contributed by atoms with Crippen molar-refractivity contribution in [1.29, 1.82) is 0 Å². The highest BCUT2D eigenvalue weighted by Gasteiger charge is 2.50. The Morgan fingerprint density at radius 3 is 1.86 bits per heavy atom. The van der Waals surface area contributed by atoms with Crippen LogP contribution in [-0.2, 0) is 44.1 Å². The lowest BCUT2D eigenvalue weighted by Gasteiger charge is -2.38. The van der Waals surface area contributed by atoms with Gasteiger partial charge in [0.1, 0.15) is 30.7 Å². The molecule has 1 fully saturated rings. The number of aryl methyl sites for hydroxylation is 1. The third-order valence-electron chi connectivity index (χ3n) is 12.3. The molecule has 8 aromatic rings. The molecule has 6 aromatic carbocycles. The number of aliphatic hydroxyl groups excluding tert-OH is 3. The van der Waals surface area contributed by atoms with Crippen LogP contribution in [0.1, 0.15) is 63.9 Å². The fourth-order valence-corrected chi connectivity index (χ4v) is 9.00. The van der Waals surface area contributed by atoms with E-state index in [0.717, 1.165) is 51.8 Å². The molecule has 2 aromatic heterocycles. The molecule has 350 valence electrons. The summed E-state index contributed by atoms with van der Waals surface area (Å²) in [5.41, 5.74) is 5.81. The Balaban J connectivity index is 0.985. The highest BCUT2D eigenvalue weighted by atomic mass is 35.5. The van der Waals surface area contributed by atoms with E-state index in [2.05, 4.69) is 41.4 Å². The van der Waals surface area contributed by atoms with Gasteiger partial charge in [0.05, 0.1) is 0 Å². The summed E-state index contributed by atoms with van der Waals surface area (Å²) < 4.78 is 18.2. The average molecular weight is 945 g/mol. The van der Waals surface area contributed by atoms with E-state index in [1.807, 2.05) is 110 Å². The maximum Gasteiger partial charge on any atom is 0.360 e. The van der Waals surface area contributed by atoms with E-state index in [-0.39, 0.29) is 24.0 Å². The topological polar surface area (TPSA) is 184 Å². The maximum absolute atomic E-state index is 14.0. The summed E-state index contributed by atoms with van der Waals surface area (Å²) in [7, 11) is 0. The molecule has 0 aliphatic carbocycles. The summed E-state index contributed by atoms with van der Waals surface area (Å²) >= 11 is 6.67. The smallest absolute Gasteiger partial charge is 0.360 e. The molecule has 1 unspecified atom stereocenters. The molecule has 1 aliphatic rings. The van der Waals surface area contributed by atoms with Gasteiger partial charge in [0, 0.05) is 18.5 Å². The van der Waals surface area contributed by atoms with Crippen LogP contribution in [0.3, 0.4) is 0 Å². The average Bonchev–Trinajstić information content (AvgIpc) is 4.01. The Morgan fingerprint density at radius 2 is 1.26 bits per heavy atom. The zero-order valence-electron chi connectivity index (χ0n) is 37.5. The molecule has 1 aliphatic heterocycles. The van der Waals surface area contributed by atoms with Gasteiger partial charge in [-0.3, -0.25) is 0 Å². The van der Waals surface area contributed by atoms with Crippen molar-refractivity contribution >= 4 is 23.5 Å². The van der Waals surface area contributed by atoms with E-state index in [1.165, 1.54) is 0 Å². The first-order chi connectivity index (χ1) is 33.7. The van der Waals surface area contributed by atoms with Gasteiger partial charge in [-0.05, 0) is 50.6 Å². The summed E-state index contributed by atoms with van der Waals surface area (Å²) in [6, 6.07) is 54.9. The number of carbonyl (C=O) groups excluding carboxylic acids is 2. The third-order valence-corrected chi connectivity index (χ3v) is 12.5. The van der Waals surface area contributed by atoms with E-state index in [0.29, 0.717) is 23.6 Å². The Labute approximate surface area is 403 Å². The van der Waals surface area contributed by atoms with E-state index in [9.17, 15) is 24.9 Å². The standard InChI is InChI=1S/C54H49ClN6O8/c1-2-3-28-43-56-49(55)44(51(65)69-53-47(64)45(62)46(63)48(68-53)52(66)67-34-36-18-8-4-9-19-36)60(43)33-35-29-31-37(32-30-35)41-26-16-17-27-42(41)50-57-59-61(58-50)54(38-20-10-5-11-21-38,39-22-12-6-13-23-39)40-24-14-7-15-25-40/h4-27,29-32,45-48,53,62-64H,2-3,28,33-34H2,1H3/t45-,46-,47+,48-,53?/m0/s1. The van der Waals surface area contributed by atoms with Crippen LogP contribution in [0.2, 0.25) is 5.15 Å². The van der Waals surface area contributed by atoms with Crippen molar-refractivity contribution in [3.05, 3.63) is 214 Å². The highest BCUT2D eigenvalue weighted by molar-refractivity contribution is 6.32. The van der Waals surface area contributed by atoms with Crippen LogP contribution in [-0.4, -0.2) is 87.7 Å². The molecular weight excluding hydrogens is 896 g/mol. The van der Waals surface area contributed by atoms with Crippen LogP contribution in [0, 0.1) is 0 Å². The van der Waals surface area contributed by atoms with Gasteiger partial charge in [-0.15, -0.1) is 15.0 Å². The van der Waals surface area contributed by atoms with E-state index in [1.54, 1.807) is 39.7 Å². The number of carbonyl (C=O) groups is 2. The van der Waals surface area contributed by atoms with Crippen molar-refractivity contribution in [3.63, 3.8) is 0 Å². The molecule has 5 atom stereocenters. The molecule has 0 spiro atoms. The highest BCUT2D eigenvalue weighted by Crippen LogP contribution is 2.40. The number of aromatic nitrogens is 6.